The van der Waals surface area contributed by atoms with Crippen LogP contribution in [0.2, 0.25) is 5.15 Å². The predicted molar refractivity (Wildman–Crippen MR) is 105 cm³/mol. The van der Waals surface area contributed by atoms with Crippen molar-refractivity contribution in [2.24, 2.45) is 0 Å². The van der Waals surface area contributed by atoms with Gasteiger partial charge < -0.3 is 5.32 Å². The van der Waals surface area contributed by atoms with Crippen LogP contribution in [0.5, 0.6) is 0 Å². The normalized spacial score (nSPS) is 11.3. The number of amides is 1. The molecule has 144 valence electrons. The molecule has 3 aromatic rings. The van der Waals surface area contributed by atoms with Gasteiger partial charge in [0.2, 0.25) is 0 Å². The van der Waals surface area contributed by atoms with Crippen LogP contribution in [0.25, 0.3) is 0 Å². The van der Waals surface area contributed by atoms with E-state index >= 15 is 0 Å². The van der Waals surface area contributed by atoms with E-state index in [-0.39, 0.29) is 10.8 Å². The van der Waals surface area contributed by atoms with Crippen LogP contribution in [0.1, 0.15) is 21.5 Å². The van der Waals surface area contributed by atoms with Gasteiger partial charge in [-0.2, -0.15) is 13.2 Å². The Morgan fingerprint density at radius 2 is 1.71 bits per heavy atom. The van der Waals surface area contributed by atoms with Gasteiger partial charge in [-0.25, -0.2) is 4.98 Å². The van der Waals surface area contributed by atoms with E-state index in [4.69, 9.17) is 11.6 Å². The highest BCUT2D eigenvalue weighted by Crippen LogP contribution is 2.33. The van der Waals surface area contributed by atoms with Crippen LogP contribution < -0.4 is 5.32 Å². The fraction of sp³-hybridized carbons (Fsp3) is 0.100. The number of hydrogen-bond donors (Lipinski definition) is 1. The molecule has 0 atom stereocenters. The van der Waals surface area contributed by atoms with Crippen LogP contribution >= 0.6 is 23.4 Å². The van der Waals surface area contributed by atoms with Crippen molar-refractivity contribution in [2.45, 2.75) is 16.8 Å². The highest BCUT2D eigenvalue weighted by molar-refractivity contribution is 7.98. The van der Waals surface area contributed by atoms with Crippen LogP contribution in [0.15, 0.2) is 71.8 Å². The quantitative estimate of drug-likeness (QED) is 0.387. The standard InChI is InChI=1S/C20H14ClF3N2OS/c21-18-17(28-12-13-4-2-1-3-5-13)16(10-11-25-18)19(27)26-15-8-6-14(7-9-15)20(22,23)24/h1-11H,12H2,(H,26,27). The number of rotatable bonds is 5. The number of aromatic nitrogens is 1. The highest BCUT2D eigenvalue weighted by atomic mass is 35.5. The summed E-state index contributed by atoms with van der Waals surface area (Å²) in [6.45, 7) is 0. The number of halogens is 4. The largest absolute Gasteiger partial charge is 0.416 e. The zero-order chi connectivity index (χ0) is 20.1. The number of pyridine rings is 1. The third-order valence-electron chi connectivity index (χ3n) is 3.80. The Morgan fingerprint density at radius 1 is 1.04 bits per heavy atom. The summed E-state index contributed by atoms with van der Waals surface area (Å²) in [6.07, 6.45) is -3.01. The summed E-state index contributed by atoms with van der Waals surface area (Å²) in [5, 5.41) is 2.79. The number of benzene rings is 2. The first-order valence-corrected chi connectivity index (χ1v) is 9.51. The van der Waals surface area contributed by atoms with E-state index in [1.54, 1.807) is 0 Å². The minimum atomic E-state index is -4.43. The molecule has 0 saturated carbocycles. The number of carbonyl (C=O) groups excluding carboxylic acids is 1. The summed E-state index contributed by atoms with van der Waals surface area (Å²) < 4.78 is 38.0. The molecule has 0 fully saturated rings. The molecule has 0 radical (unpaired) electrons. The molecular formula is C20H14ClF3N2OS. The molecule has 28 heavy (non-hydrogen) atoms. The lowest BCUT2D eigenvalue weighted by Crippen LogP contribution is -2.14. The summed E-state index contributed by atoms with van der Waals surface area (Å²) in [7, 11) is 0. The third kappa shape index (κ3) is 5.05. The second-order valence-electron chi connectivity index (χ2n) is 5.78. The highest BCUT2D eigenvalue weighted by Gasteiger charge is 2.30. The van der Waals surface area contributed by atoms with Crippen molar-refractivity contribution in [1.29, 1.82) is 0 Å². The summed E-state index contributed by atoms with van der Waals surface area (Å²) in [4.78, 5) is 17.2. The fourth-order valence-electron chi connectivity index (χ4n) is 2.41. The Hall–Kier alpha value is -2.51. The molecule has 3 rings (SSSR count). The van der Waals surface area contributed by atoms with Gasteiger partial charge in [0.1, 0.15) is 5.15 Å². The summed E-state index contributed by atoms with van der Waals surface area (Å²) >= 11 is 7.54. The molecule has 0 aliphatic heterocycles. The average Bonchev–Trinajstić information content (AvgIpc) is 2.67. The zero-order valence-corrected chi connectivity index (χ0v) is 15.9. The van der Waals surface area contributed by atoms with E-state index in [0.29, 0.717) is 16.2 Å². The van der Waals surface area contributed by atoms with Crippen molar-refractivity contribution in [2.75, 3.05) is 5.32 Å². The lowest BCUT2D eigenvalue weighted by molar-refractivity contribution is -0.137. The van der Waals surface area contributed by atoms with Crippen molar-refractivity contribution < 1.29 is 18.0 Å². The molecule has 0 aliphatic carbocycles. The predicted octanol–water partition coefficient (Wildman–Crippen LogP) is 6.30. The third-order valence-corrected chi connectivity index (χ3v) is 5.38. The van der Waals surface area contributed by atoms with Gasteiger partial charge in [-0.3, -0.25) is 4.79 Å². The minimum absolute atomic E-state index is 0.195. The van der Waals surface area contributed by atoms with Crippen molar-refractivity contribution in [3.63, 3.8) is 0 Å². The number of alkyl halides is 3. The number of carbonyl (C=O) groups is 1. The van der Waals surface area contributed by atoms with E-state index in [1.165, 1.54) is 36.2 Å². The Morgan fingerprint density at radius 3 is 2.36 bits per heavy atom. The zero-order valence-electron chi connectivity index (χ0n) is 14.3. The molecule has 3 nitrogen and oxygen atoms in total. The van der Waals surface area contributed by atoms with Crippen molar-refractivity contribution in [3.05, 3.63) is 88.7 Å². The molecule has 1 N–H and O–H groups in total. The van der Waals surface area contributed by atoms with Gasteiger partial charge in [0.25, 0.3) is 5.91 Å². The minimum Gasteiger partial charge on any atom is -0.322 e. The maximum absolute atomic E-state index is 12.7. The molecule has 1 heterocycles. The van der Waals surface area contributed by atoms with Gasteiger partial charge in [-0.05, 0) is 35.9 Å². The van der Waals surface area contributed by atoms with Gasteiger partial charge in [-0.1, -0.05) is 41.9 Å². The van der Waals surface area contributed by atoms with Gasteiger partial charge in [0.05, 0.1) is 16.0 Å². The molecule has 2 aromatic carbocycles. The molecule has 0 bridgehead atoms. The molecular weight excluding hydrogens is 409 g/mol. The first kappa shape index (κ1) is 20.2. The van der Waals surface area contributed by atoms with Crippen LogP contribution in [0, 0.1) is 0 Å². The van der Waals surface area contributed by atoms with E-state index in [2.05, 4.69) is 10.3 Å². The average molecular weight is 423 g/mol. The molecule has 0 saturated heterocycles. The van der Waals surface area contributed by atoms with Gasteiger partial charge in [-0.15, -0.1) is 11.8 Å². The first-order valence-electron chi connectivity index (χ1n) is 8.14. The topological polar surface area (TPSA) is 42.0 Å². The van der Waals surface area contributed by atoms with Gasteiger partial charge in [0, 0.05) is 17.6 Å². The molecule has 0 unspecified atom stereocenters. The summed E-state index contributed by atoms with van der Waals surface area (Å²) in [5.74, 6) is 0.118. The van der Waals surface area contributed by atoms with E-state index < -0.39 is 17.6 Å². The number of anilines is 1. The smallest absolute Gasteiger partial charge is 0.322 e. The molecule has 0 aliphatic rings. The summed E-state index contributed by atoms with van der Waals surface area (Å²) in [5.41, 5.74) is 0.837. The maximum Gasteiger partial charge on any atom is 0.416 e. The molecule has 1 aromatic heterocycles. The number of nitrogens with one attached hydrogen (secondary N) is 1. The van der Waals surface area contributed by atoms with Crippen LogP contribution in [-0.2, 0) is 11.9 Å². The lowest BCUT2D eigenvalue weighted by Gasteiger charge is -2.12. The van der Waals surface area contributed by atoms with E-state index in [9.17, 15) is 18.0 Å². The van der Waals surface area contributed by atoms with Crippen LogP contribution in [0.4, 0.5) is 18.9 Å². The number of hydrogen-bond acceptors (Lipinski definition) is 3. The van der Waals surface area contributed by atoms with E-state index in [1.807, 2.05) is 30.3 Å². The second kappa shape index (κ2) is 8.67. The Kier molecular flexibility index (Phi) is 6.26. The van der Waals surface area contributed by atoms with Crippen molar-refractivity contribution in [1.82, 2.24) is 4.98 Å². The van der Waals surface area contributed by atoms with Crippen molar-refractivity contribution >= 4 is 35.0 Å². The van der Waals surface area contributed by atoms with Crippen LogP contribution in [0.3, 0.4) is 0 Å². The molecule has 8 heteroatoms. The summed E-state index contributed by atoms with van der Waals surface area (Å²) in [6, 6.07) is 15.4. The Labute approximate surface area is 168 Å². The van der Waals surface area contributed by atoms with E-state index in [0.717, 1.165) is 17.7 Å². The maximum atomic E-state index is 12.7. The second-order valence-corrected chi connectivity index (χ2v) is 7.13. The first-order chi connectivity index (χ1) is 13.3. The SMILES string of the molecule is O=C(Nc1ccc(C(F)(F)F)cc1)c1ccnc(Cl)c1SCc1ccccc1. The van der Waals surface area contributed by atoms with Gasteiger partial charge >= 0.3 is 6.18 Å². The number of nitrogens with zero attached hydrogens (tertiary/aromatic N) is 1. The number of thioether (sulfide) groups is 1. The Balaban J connectivity index is 1.77. The lowest BCUT2D eigenvalue weighted by atomic mass is 10.2. The monoisotopic (exact) mass is 422 g/mol. The van der Waals surface area contributed by atoms with Crippen LogP contribution in [-0.4, -0.2) is 10.9 Å². The molecule has 1 amide bonds. The van der Waals surface area contributed by atoms with Crippen molar-refractivity contribution in [3.8, 4) is 0 Å². The molecule has 0 spiro atoms. The fourth-order valence-corrected chi connectivity index (χ4v) is 3.72. The Bertz CT molecular complexity index is 963. The van der Waals surface area contributed by atoms with Gasteiger partial charge in [0.15, 0.2) is 0 Å².